The molecule has 2 rings (SSSR count). The molecule has 0 aliphatic carbocycles. The van der Waals surface area contributed by atoms with E-state index in [9.17, 15) is 4.39 Å². The third-order valence-electron chi connectivity index (χ3n) is 3.36. The zero-order valence-corrected chi connectivity index (χ0v) is 13.8. The Hall–Kier alpha value is -1.35. The molecule has 0 saturated carbocycles. The fourth-order valence-corrected chi connectivity index (χ4v) is 2.57. The van der Waals surface area contributed by atoms with Crippen LogP contribution in [0.4, 0.5) is 4.39 Å². The van der Waals surface area contributed by atoms with Gasteiger partial charge in [0.1, 0.15) is 11.6 Å². The van der Waals surface area contributed by atoms with Crippen LogP contribution in [-0.4, -0.2) is 6.61 Å². The molecular formula is C18H20BrFO. The van der Waals surface area contributed by atoms with Gasteiger partial charge in [-0.2, -0.15) is 0 Å². The van der Waals surface area contributed by atoms with Crippen LogP contribution in [0.25, 0.3) is 11.1 Å². The summed E-state index contributed by atoms with van der Waals surface area (Å²) in [6.45, 7) is 2.86. The second-order valence-corrected chi connectivity index (χ2v) is 5.95. The molecule has 0 unspecified atom stereocenters. The van der Waals surface area contributed by atoms with E-state index in [2.05, 4.69) is 22.9 Å². The molecule has 0 amide bonds. The van der Waals surface area contributed by atoms with Gasteiger partial charge in [0.25, 0.3) is 0 Å². The van der Waals surface area contributed by atoms with Crippen LogP contribution < -0.4 is 4.74 Å². The second kappa shape index (κ2) is 8.18. The summed E-state index contributed by atoms with van der Waals surface area (Å²) >= 11 is 3.28. The first-order chi connectivity index (χ1) is 10.2. The Morgan fingerprint density at radius 3 is 2.57 bits per heavy atom. The zero-order chi connectivity index (χ0) is 15.1. The zero-order valence-electron chi connectivity index (χ0n) is 12.2. The highest BCUT2D eigenvalue weighted by Gasteiger charge is 2.10. The van der Waals surface area contributed by atoms with E-state index in [1.165, 1.54) is 25.3 Å². The van der Waals surface area contributed by atoms with E-state index in [1.54, 1.807) is 6.07 Å². The van der Waals surface area contributed by atoms with Gasteiger partial charge in [0, 0.05) is 15.6 Å². The Morgan fingerprint density at radius 1 is 1.00 bits per heavy atom. The van der Waals surface area contributed by atoms with Gasteiger partial charge < -0.3 is 4.74 Å². The van der Waals surface area contributed by atoms with Crippen molar-refractivity contribution in [1.29, 1.82) is 0 Å². The third kappa shape index (κ3) is 4.57. The van der Waals surface area contributed by atoms with Crippen molar-refractivity contribution >= 4 is 15.9 Å². The first-order valence-corrected chi connectivity index (χ1v) is 8.19. The van der Waals surface area contributed by atoms with E-state index in [4.69, 9.17) is 4.74 Å². The van der Waals surface area contributed by atoms with Gasteiger partial charge in [0.05, 0.1) is 6.61 Å². The minimum Gasteiger partial charge on any atom is -0.493 e. The van der Waals surface area contributed by atoms with Gasteiger partial charge in [-0.15, -0.1) is 0 Å². The van der Waals surface area contributed by atoms with Gasteiger partial charge >= 0.3 is 0 Å². The molecule has 0 radical (unpaired) electrons. The van der Waals surface area contributed by atoms with Gasteiger partial charge in [-0.1, -0.05) is 66.4 Å². The Bertz CT molecular complexity index is 583. The fourth-order valence-electron chi connectivity index (χ4n) is 2.23. The number of hydrogen-bond acceptors (Lipinski definition) is 1. The lowest BCUT2D eigenvalue weighted by Crippen LogP contribution is -1.99. The van der Waals surface area contributed by atoms with Crippen LogP contribution in [-0.2, 0) is 0 Å². The number of hydrogen-bond donors (Lipinski definition) is 0. The maximum absolute atomic E-state index is 14.1. The van der Waals surface area contributed by atoms with Crippen LogP contribution in [0, 0.1) is 5.82 Å². The third-order valence-corrected chi connectivity index (χ3v) is 3.86. The summed E-state index contributed by atoms with van der Waals surface area (Å²) in [4.78, 5) is 0. The lowest BCUT2D eigenvalue weighted by atomic mass is 10.0. The topological polar surface area (TPSA) is 9.23 Å². The Morgan fingerprint density at radius 2 is 1.81 bits per heavy atom. The Kier molecular flexibility index (Phi) is 6.24. The van der Waals surface area contributed by atoms with E-state index in [0.29, 0.717) is 12.2 Å². The van der Waals surface area contributed by atoms with Gasteiger partial charge in [0.15, 0.2) is 0 Å². The molecular weight excluding hydrogens is 331 g/mol. The highest BCUT2D eigenvalue weighted by Crippen LogP contribution is 2.33. The summed E-state index contributed by atoms with van der Waals surface area (Å²) in [5.74, 6) is 0.502. The molecule has 1 nitrogen and oxygen atoms in total. The van der Waals surface area contributed by atoms with E-state index in [0.717, 1.165) is 22.2 Å². The summed E-state index contributed by atoms with van der Waals surface area (Å²) < 4.78 is 20.7. The minimum atomic E-state index is -0.244. The lowest BCUT2D eigenvalue weighted by molar-refractivity contribution is 0.306. The quantitative estimate of drug-likeness (QED) is 0.539. The van der Waals surface area contributed by atoms with Crippen molar-refractivity contribution in [1.82, 2.24) is 0 Å². The first-order valence-electron chi connectivity index (χ1n) is 7.39. The van der Waals surface area contributed by atoms with Crippen molar-refractivity contribution in [3.8, 4) is 16.9 Å². The molecule has 0 spiro atoms. The highest BCUT2D eigenvalue weighted by atomic mass is 79.9. The van der Waals surface area contributed by atoms with Crippen LogP contribution in [0.3, 0.4) is 0 Å². The van der Waals surface area contributed by atoms with Gasteiger partial charge in [-0.05, 0) is 24.6 Å². The van der Waals surface area contributed by atoms with Crippen LogP contribution >= 0.6 is 15.9 Å². The summed E-state index contributed by atoms with van der Waals surface area (Å²) in [7, 11) is 0. The summed E-state index contributed by atoms with van der Waals surface area (Å²) in [6.07, 6.45) is 4.64. The van der Waals surface area contributed by atoms with Crippen LogP contribution in [0.1, 0.15) is 32.6 Å². The molecule has 0 aromatic heterocycles. The monoisotopic (exact) mass is 350 g/mol. The van der Waals surface area contributed by atoms with Crippen LogP contribution in [0.15, 0.2) is 46.9 Å². The fraction of sp³-hybridized carbons (Fsp3) is 0.333. The van der Waals surface area contributed by atoms with Crippen molar-refractivity contribution in [3.63, 3.8) is 0 Å². The van der Waals surface area contributed by atoms with E-state index in [1.807, 2.05) is 30.3 Å². The molecule has 112 valence electrons. The molecule has 0 saturated heterocycles. The van der Waals surface area contributed by atoms with Crippen molar-refractivity contribution < 1.29 is 9.13 Å². The average Bonchev–Trinajstić information content (AvgIpc) is 2.48. The van der Waals surface area contributed by atoms with Crippen molar-refractivity contribution in [2.24, 2.45) is 0 Å². The van der Waals surface area contributed by atoms with Crippen LogP contribution in [0.5, 0.6) is 5.75 Å². The maximum Gasteiger partial charge on any atom is 0.132 e. The SMILES string of the molecule is CCCCCCOc1ccccc1-c1ccc(Br)cc1F. The number of para-hydroxylation sites is 1. The normalized spacial score (nSPS) is 10.6. The molecule has 3 heteroatoms. The molecule has 0 N–H and O–H groups in total. The molecule has 0 fully saturated rings. The van der Waals surface area contributed by atoms with Gasteiger partial charge in [-0.25, -0.2) is 4.39 Å². The molecule has 0 aliphatic heterocycles. The van der Waals surface area contributed by atoms with Crippen LogP contribution in [0.2, 0.25) is 0 Å². The van der Waals surface area contributed by atoms with E-state index in [-0.39, 0.29) is 5.82 Å². The van der Waals surface area contributed by atoms with Gasteiger partial charge in [0.2, 0.25) is 0 Å². The predicted molar refractivity (Wildman–Crippen MR) is 89.2 cm³/mol. The molecule has 0 heterocycles. The molecule has 0 atom stereocenters. The van der Waals surface area contributed by atoms with Crippen molar-refractivity contribution in [2.45, 2.75) is 32.6 Å². The molecule has 2 aromatic carbocycles. The largest absolute Gasteiger partial charge is 0.493 e. The highest BCUT2D eigenvalue weighted by molar-refractivity contribution is 9.10. The summed E-state index contributed by atoms with van der Waals surface area (Å²) in [6, 6.07) is 12.7. The minimum absolute atomic E-state index is 0.244. The van der Waals surface area contributed by atoms with E-state index < -0.39 is 0 Å². The summed E-state index contributed by atoms with van der Waals surface area (Å²) in [5.41, 5.74) is 1.38. The molecule has 21 heavy (non-hydrogen) atoms. The smallest absolute Gasteiger partial charge is 0.132 e. The van der Waals surface area contributed by atoms with Gasteiger partial charge in [-0.3, -0.25) is 0 Å². The Balaban J connectivity index is 2.13. The average molecular weight is 351 g/mol. The number of halogens is 2. The maximum atomic E-state index is 14.1. The molecule has 0 aliphatic rings. The number of ether oxygens (including phenoxy) is 1. The standard InChI is InChI=1S/C18H20BrFO/c1-2-3-4-7-12-21-18-9-6-5-8-16(18)15-11-10-14(19)13-17(15)20/h5-6,8-11,13H,2-4,7,12H2,1H3. The summed E-state index contributed by atoms with van der Waals surface area (Å²) in [5, 5.41) is 0. The lowest BCUT2D eigenvalue weighted by Gasteiger charge is -2.12. The number of benzene rings is 2. The number of unbranched alkanes of at least 4 members (excludes halogenated alkanes) is 3. The first kappa shape index (κ1) is 16.0. The van der Waals surface area contributed by atoms with Crippen molar-refractivity contribution in [2.75, 3.05) is 6.61 Å². The predicted octanol–water partition coefficient (Wildman–Crippen LogP) is 6.21. The van der Waals surface area contributed by atoms with E-state index >= 15 is 0 Å². The Labute approximate surface area is 134 Å². The van der Waals surface area contributed by atoms with Crippen molar-refractivity contribution in [3.05, 3.63) is 52.8 Å². The molecule has 2 aromatic rings. The molecule has 0 bridgehead atoms. The number of rotatable bonds is 7. The second-order valence-electron chi connectivity index (χ2n) is 5.03.